The fraction of sp³-hybridized carbons (Fsp3) is 0.588. The van der Waals surface area contributed by atoms with Gasteiger partial charge in [0, 0.05) is 44.1 Å². The van der Waals surface area contributed by atoms with Crippen LogP contribution < -0.4 is 5.32 Å². The number of fused-ring (bicyclic) bond motifs is 1. The summed E-state index contributed by atoms with van der Waals surface area (Å²) in [5.74, 6) is 0. The van der Waals surface area contributed by atoms with E-state index in [9.17, 15) is 0 Å². The number of rotatable bonds is 4. The van der Waals surface area contributed by atoms with Crippen LogP contribution in [0.1, 0.15) is 37.9 Å². The molecule has 3 rings (SSSR count). The minimum atomic E-state index is 0.617. The first-order chi connectivity index (χ1) is 10.2. The van der Waals surface area contributed by atoms with Gasteiger partial charge in [0.05, 0.1) is 5.69 Å². The van der Waals surface area contributed by atoms with Crippen LogP contribution in [0.3, 0.4) is 0 Å². The molecule has 1 N–H and O–H groups in total. The average molecular weight is 286 g/mol. The van der Waals surface area contributed by atoms with E-state index >= 15 is 0 Å². The summed E-state index contributed by atoms with van der Waals surface area (Å²) in [6, 6.07) is 5.45. The van der Waals surface area contributed by atoms with Gasteiger partial charge < -0.3 is 9.72 Å². The first-order valence-electron chi connectivity index (χ1n) is 8.11. The SMILES string of the molecule is CCC1CN(Cc2cn3cccc(C)c3n2)C(CC)CN1. The number of aryl methyl sites for hydroxylation is 1. The van der Waals surface area contributed by atoms with Gasteiger partial charge in [-0.05, 0) is 31.4 Å². The highest BCUT2D eigenvalue weighted by Gasteiger charge is 2.26. The molecule has 1 aliphatic heterocycles. The minimum Gasteiger partial charge on any atom is -0.311 e. The molecule has 1 saturated heterocycles. The monoisotopic (exact) mass is 286 g/mol. The largest absolute Gasteiger partial charge is 0.311 e. The summed E-state index contributed by atoms with van der Waals surface area (Å²) in [6.07, 6.45) is 6.65. The smallest absolute Gasteiger partial charge is 0.139 e. The van der Waals surface area contributed by atoms with Gasteiger partial charge in [0.1, 0.15) is 5.65 Å². The number of nitrogens with one attached hydrogen (secondary N) is 1. The lowest BCUT2D eigenvalue weighted by Gasteiger charge is -2.39. The van der Waals surface area contributed by atoms with Crippen LogP contribution in [0.15, 0.2) is 24.5 Å². The molecule has 2 aromatic rings. The van der Waals surface area contributed by atoms with E-state index in [0.717, 1.165) is 25.3 Å². The van der Waals surface area contributed by atoms with Crippen molar-refractivity contribution in [2.24, 2.45) is 0 Å². The van der Waals surface area contributed by atoms with Crippen molar-refractivity contribution in [3.63, 3.8) is 0 Å². The molecular weight excluding hydrogens is 260 g/mol. The zero-order valence-corrected chi connectivity index (χ0v) is 13.3. The Bertz CT molecular complexity index is 604. The molecule has 114 valence electrons. The maximum atomic E-state index is 4.83. The number of piperazine rings is 1. The normalized spacial score (nSPS) is 23.8. The van der Waals surface area contributed by atoms with E-state index in [1.54, 1.807) is 0 Å². The van der Waals surface area contributed by atoms with Gasteiger partial charge in [-0.15, -0.1) is 0 Å². The van der Waals surface area contributed by atoms with Crippen LogP contribution in [0.2, 0.25) is 0 Å². The zero-order chi connectivity index (χ0) is 14.8. The summed E-state index contributed by atoms with van der Waals surface area (Å²) in [5.41, 5.74) is 3.50. The Balaban J connectivity index is 1.80. The maximum Gasteiger partial charge on any atom is 0.139 e. The Morgan fingerprint density at radius 3 is 2.90 bits per heavy atom. The van der Waals surface area contributed by atoms with Crippen molar-refractivity contribution in [1.29, 1.82) is 0 Å². The van der Waals surface area contributed by atoms with Crippen molar-refractivity contribution in [2.75, 3.05) is 13.1 Å². The predicted octanol–water partition coefficient (Wildman–Crippen LogP) is 2.61. The molecule has 2 aromatic heterocycles. The third kappa shape index (κ3) is 2.97. The standard InChI is InChI=1S/C17H26N4/c1-4-14-10-21(16(5-2)9-18-14)12-15-11-20-8-6-7-13(3)17(20)19-15/h6-8,11,14,16,18H,4-5,9-10,12H2,1-3H3. The van der Waals surface area contributed by atoms with Gasteiger partial charge >= 0.3 is 0 Å². The van der Waals surface area contributed by atoms with Crippen molar-refractivity contribution >= 4 is 5.65 Å². The zero-order valence-electron chi connectivity index (χ0n) is 13.3. The first kappa shape index (κ1) is 14.5. The van der Waals surface area contributed by atoms with E-state index < -0.39 is 0 Å². The summed E-state index contributed by atoms with van der Waals surface area (Å²) in [6.45, 7) is 9.84. The fourth-order valence-corrected chi connectivity index (χ4v) is 3.29. The van der Waals surface area contributed by atoms with Crippen LogP contribution >= 0.6 is 0 Å². The van der Waals surface area contributed by atoms with Crippen LogP contribution in [-0.4, -0.2) is 39.5 Å². The van der Waals surface area contributed by atoms with E-state index in [0.29, 0.717) is 12.1 Å². The molecule has 0 aliphatic carbocycles. The average Bonchev–Trinajstić information content (AvgIpc) is 2.91. The summed E-state index contributed by atoms with van der Waals surface area (Å²) >= 11 is 0. The Morgan fingerprint density at radius 2 is 2.19 bits per heavy atom. The van der Waals surface area contributed by atoms with Crippen molar-refractivity contribution in [1.82, 2.24) is 19.6 Å². The number of imidazole rings is 1. The Hall–Kier alpha value is -1.39. The van der Waals surface area contributed by atoms with Gasteiger partial charge in [0.2, 0.25) is 0 Å². The quantitative estimate of drug-likeness (QED) is 0.938. The summed E-state index contributed by atoms with van der Waals surface area (Å²) in [4.78, 5) is 7.43. The number of aromatic nitrogens is 2. The van der Waals surface area contributed by atoms with Crippen molar-refractivity contribution in [3.05, 3.63) is 35.8 Å². The summed E-state index contributed by atoms with van der Waals surface area (Å²) < 4.78 is 2.14. The van der Waals surface area contributed by atoms with Crippen molar-refractivity contribution in [2.45, 2.75) is 52.2 Å². The second-order valence-electron chi connectivity index (χ2n) is 6.16. The van der Waals surface area contributed by atoms with Gasteiger partial charge in [-0.2, -0.15) is 0 Å². The van der Waals surface area contributed by atoms with Crippen molar-refractivity contribution in [3.8, 4) is 0 Å². The van der Waals surface area contributed by atoms with E-state index in [1.165, 1.54) is 24.1 Å². The topological polar surface area (TPSA) is 32.6 Å². The third-order valence-electron chi connectivity index (χ3n) is 4.67. The van der Waals surface area contributed by atoms with Crippen LogP contribution in [0, 0.1) is 6.92 Å². The molecule has 0 spiro atoms. The van der Waals surface area contributed by atoms with Gasteiger partial charge in [0.25, 0.3) is 0 Å². The van der Waals surface area contributed by atoms with Gasteiger partial charge in [-0.1, -0.05) is 19.9 Å². The molecule has 0 saturated carbocycles. The molecule has 1 fully saturated rings. The predicted molar refractivity (Wildman–Crippen MR) is 86.5 cm³/mol. The molecule has 21 heavy (non-hydrogen) atoms. The highest BCUT2D eigenvalue weighted by atomic mass is 15.2. The highest BCUT2D eigenvalue weighted by molar-refractivity contribution is 5.47. The van der Waals surface area contributed by atoms with Gasteiger partial charge in [-0.3, -0.25) is 4.90 Å². The Labute approximate surface area is 127 Å². The number of nitrogens with zero attached hydrogens (tertiary/aromatic N) is 3. The lowest BCUT2D eigenvalue weighted by Crippen LogP contribution is -2.55. The minimum absolute atomic E-state index is 0.617. The second-order valence-corrected chi connectivity index (χ2v) is 6.16. The molecule has 3 heterocycles. The number of hydrogen-bond donors (Lipinski definition) is 1. The van der Waals surface area contributed by atoms with E-state index in [4.69, 9.17) is 4.98 Å². The molecule has 0 radical (unpaired) electrons. The highest BCUT2D eigenvalue weighted by Crippen LogP contribution is 2.17. The van der Waals surface area contributed by atoms with E-state index in [-0.39, 0.29) is 0 Å². The van der Waals surface area contributed by atoms with Gasteiger partial charge in [-0.25, -0.2) is 4.98 Å². The van der Waals surface area contributed by atoms with Crippen molar-refractivity contribution < 1.29 is 0 Å². The molecule has 1 aliphatic rings. The molecule has 4 heteroatoms. The van der Waals surface area contributed by atoms with Gasteiger partial charge in [0.15, 0.2) is 0 Å². The van der Waals surface area contributed by atoms with Crippen LogP contribution in [0.5, 0.6) is 0 Å². The molecule has 2 unspecified atom stereocenters. The number of hydrogen-bond acceptors (Lipinski definition) is 3. The lowest BCUT2D eigenvalue weighted by molar-refractivity contribution is 0.116. The van der Waals surface area contributed by atoms with E-state index in [2.05, 4.69) is 59.9 Å². The van der Waals surface area contributed by atoms with E-state index in [1.807, 2.05) is 0 Å². The Morgan fingerprint density at radius 1 is 1.33 bits per heavy atom. The van der Waals surface area contributed by atoms with Crippen LogP contribution in [0.4, 0.5) is 0 Å². The molecule has 4 nitrogen and oxygen atoms in total. The molecule has 0 aromatic carbocycles. The lowest BCUT2D eigenvalue weighted by atomic mass is 10.1. The molecular formula is C17H26N4. The first-order valence-corrected chi connectivity index (χ1v) is 8.11. The second kappa shape index (κ2) is 6.16. The summed E-state index contributed by atoms with van der Waals surface area (Å²) in [7, 11) is 0. The maximum absolute atomic E-state index is 4.83. The van der Waals surface area contributed by atoms with Crippen LogP contribution in [0.25, 0.3) is 5.65 Å². The fourth-order valence-electron chi connectivity index (χ4n) is 3.29. The summed E-state index contributed by atoms with van der Waals surface area (Å²) in [5, 5.41) is 3.65. The van der Waals surface area contributed by atoms with Crippen LogP contribution in [-0.2, 0) is 6.54 Å². The molecule has 2 atom stereocenters. The Kier molecular flexibility index (Phi) is 4.27. The number of pyridine rings is 1. The molecule has 0 amide bonds. The molecule has 0 bridgehead atoms. The third-order valence-corrected chi connectivity index (χ3v) is 4.67.